The average molecular weight is 201 g/mol. The van der Waals surface area contributed by atoms with E-state index in [0.717, 1.165) is 6.42 Å². The van der Waals surface area contributed by atoms with E-state index in [-0.39, 0.29) is 0 Å². The maximum atomic E-state index is 6.18. The number of rotatable bonds is 0. The Morgan fingerprint density at radius 2 is 1.46 bits per heavy atom. The van der Waals surface area contributed by atoms with E-state index in [1.807, 2.05) is 0 Å². The highest BCUT2D eigenvalue weighted by Gasteiger charge is 2.03. The zero-order valence-electron chi connectivity index (χ0n) is 8.47. The van der Waals surface area contributed by atoms with E-state index in [9.17, 15) is 0 Å². The molecule has 76 valence electrons. The van der Waals surface area contributed by atoms with Gasteiger partial charge in [-0.3, -0.25) is 0 Å². The van der Waals surface area contributed by atoms with Crippen molar-refractivity contribution in [2.24, 2.45) is 0 Å². The molecule has 13 heavy (non-hydrogen) atoms. The molecule has 0 heterocycles. The fourth-order valence-corrected chi connectivity index (χ4v) is 2.10. The summed E-state index contributed by atoms with van der Waals surface area (Å²) in [6.07, 6.45) is 16.3. The molecule has 1 aliphatic carbocycles. The van der Waals surface area contributed by atoms with E-state index in [1.165, 1.54) is 51.4 Å². The van der Waals surface area contributed by atoms with Gasteiger partial charge < -0.3 is 0 Å². The molecule has 0 nitrogen and oxygen atoms in total. The van der Waals surface area contributed by atoms with Gasteiger partial charge in [0, 0.05) is 5.38 Å². The summed E-state index contributed by atoms with van der Waals surface area (Å²) in [6.45, 7) is 0. The Morgan fingerprint density at radius 1 is 0.769 bits per heavy atom. The zero-order valence-corrected chi connectivity index (χ0v) is 9.23. The highest BCUT2D eigenvalue weighted by Crippen LogP contribution is 2.17. The molecule has 0 bridgehead atoms. The van der Waals surface area contributed by atoms with Gasteiger partial charge in [0.25, 0.3) is 0 Å². The maximum absolute atomic E-state index is 6.18. The number of allylic oxidation sites excluding steroid dienone is 2. The first-order valence-electron chi connectivity index (χ1n) is 5.68. The van der Waals surface area contributed by atoms with Crippen LogP contribution >= 0.6 is 11.6 Å². The van der Waals surface area contributed by atoms with Crippen LogP contribution < -0.4 is 0 Å². The van der Waals surface area contributed by atoms with Crippen molar-refractivity contribution in [3.63, 3.8) is 0 Å². The summed E-state index contributed by atoms with van der Waals surface area (Å²) in [4.78, 5) is 0. The van der Waals surface area contributed by atoms with Crippen LogP contribution in [0.15, 0.2) is 12.2 Å². The van der Waals surface area contributed by atoms with Crippen LogP contribution in [0.2, 0.25) is 0 Å². The lowest BCUT2D eigenvalue weighted by atomic mass is 10.0. The second-order valence-corrected chi connectivity index (χ2v) is 4.61. The molecule has 1 rings (SSSR count). The van der Waals surface area contributed by atoms with Gasteiger partial charge in [-0.1, -0.05) is 37.8 Å². The van der Waals surface area contributed by atoms with Gasteiger partial charge in [0.05, 0.1) is 0 Å². The molecule has 0 amide bonds. The average Bonchev–Trinajstić information content (AvgIpc) is 2.11. The first-order chi connectivity index (χ1) is 6.39. The Labute approximate surface area is 87.4 Å². The van der Waals surface area contributed by atoms with Crippen molar-refractivity contribution < 1.29 is 0 Å². The van der Waals surface area contributed by atoms with Crippen LogP contribution in [0.1, 0.15) is 57.8 Å². The Bertz CT molecular complexity index is 140. The molecule has 0 aliphatic heterocycles. The molecule has 0 aromatic rings. The summed E-state index contributed by atoms with van der Waals surface area (Å²) in [5, 5.41) is 0.420. The lowest BCUT2D eigenvalue weighted by Crippen LogP contribution is -1.97. The second-order valence-electron chi connectivity index (χ2n) is 3.99. The zero-order chi connectivity index (χ0) is 9.36. The summed E-state index contributed by atoms with van der Waals surface area (Å²) in [7, 11) is 0. The topological polar surface area (TPSA) is 0 Å². The minimum absolute atomic E-state index is 0.420. The molecule has 0 saturated heterocycles. The molecule has 1 atom stereocenters. The number of hydrogen-bond acceptors (Lipinski definition) is 0. The van der Waals surface area contributed by atoms with Crippen molar-refractivity contribution in [1.29, 1.82) is 0 Å². The van der Waals surface area contributed by atoms with Crippen molar-refractivity contribution >= 4 is 11.6 Å². The van der Waals surface area contributed by atoms with Gasteiger partial charge in [-0.05, 0) is 32.1 Å². The molecule has 0 spiro atoms. The largest absolute Gasteiger partial charge is 0.123 e. The molecule has 0 aromatic heterocycles. The Hall–Kier alpha value is 0.0300. The summed E-state index contributed by atoms with van der Waals surface area (Å²) < 4.78 is 0. The van der Waals surface area contributed by atoms with Gasteiger partial charge in [0.2, 0.25) is 0 Å². The molecule has 0 fully saturated rings. The maximum Gasteiger partial charge on any atom is 0.0339 e. The van der Waals surface area contributed by atoms with Crippen LogP contribution in [0.25, 0.3) is 0 Å². The normalized spacial score (nSPS) is 30.1. The standard InChI is InChI=1S/C12H21Cl/c13-12-10-8-6-4-2-1-3-5-7-9-11-12/h4,6,12H,1-3,5,7-11H2/b6-4+. The van der Waals surface area contributed by atoms with Crippen molar-refractivity contribution in [1.82, 2.24) is 0 Å². The van der Waals surface area contributed by atoms with E-state index in [2.05, 4.69) is 12.2 Å². The molecule has 0 aromatic carbocycles. The third-order valence-corrected chi connectivity index (χ3v) is 3.14. The fourth-order valence-electron chi connectivity index (χ4n) is 1.82. The number of hydrogen-bond donors (Lipinski definition) is 0. The van der Waals surface area contributed by atoms with Crippen molar-refractivity contribution in [2.75, 3.05) is 0 Å². The third-order valence-electron chi connectivity index (χ3n) is 2.70. The lowest BCUT2D eigenvalue weighted by molar-refractivity contribution is 0.570. The second kappa shape index (κ2) is 7.44. The monoisotopic (exact) mass is 200 g/mol. The number of alkyl halides is 1. The molecule has 0 saturated carbocycles. The van der Waals surface area contributed by atoms with E-state index < -0.39 is 0 Å². The van der Waals surface area contributed by atoms with Crippen LogP contribution in [-0.2, 0) is 0 Å². The van der Waals surface area contributed by atoms with E-state index in [1.54, 1.807) is 0 Å². The fraction of sp³-hybridized carbons (Fsp3) is 0.833. The predicted octanol–water partition coefficient (Wildman–Crippen LogP) is 4.67. The van der Waals surface area contributed by atoms with E-state index in [4.69, 9.17) is 11.6 Å². The Balaban J connectivity index is 2.21. The molecular weight excluding hydrogens is 180 g/mol. The molecule has 1 aliphatic rings. The molecule has 1 unspecified atom stereocenters. The summed E-state index contributed by atoms with van der Waals surface area (Å²) in [5.74, 6) is 0. The van der Waals surface area contributed by atoms with Gasteiger partial charge in [0.1, 0.15) is 0 Å². The third kappa shape index (κ3) is 6.15. The first-order valence-corrected chi connectivity index (χ1v) is 6.12. The minimum Gasteiger partial charge on any atom is -0.123 e. The summed E-state index contributed by atoms with van der Waals surface area (Å²) >= 11 is 6.18. The van der Waals surface area contributed by atoms with Crippen LogP contribution in [0, 0.1) is 0 Å². The summed E-state index contributed by atoms with van der Waals surface area (Å²) in [5.41, 5.74) is 0. The highest BCUT2D eigenvalue weighted by molar-refractivity contribution is 6.20. The molecule has 0 radical (unpaired) electrons. The molecule has 1 heteroatoms. The number of halogens is 1. The van der Waals surface area contributed by atoms with Gasteiger partial charge in [-0.15, -0.1) is 11.6 Å². The van der Waals surface area contributed by atoms with Crippen LogP contribution in [0.4, 0.5) is 0 Å². The van der Waals surface area contributed by atoms with Crippen LogP contribution in [0.3, 0.4) is 0 Å². The Kier molecular flexibility index (Phi) is 6.35. The predicted molar refractivity (Wildman–Crippen MR) is 60.3 cm³/mol. The van der Waals surface area contributed by atoms with Gasteiger partial charge in [-0.2, -0.15) is 0 Å². The van der Waals surface area contributed by atoms with E-state index in [0.29, 0.717) is 5.38 Å². The lowest BCUT2D eigenvalue weighted by Gasteiger charge is -2.08. The quantitative estimate of drug-likeness (QED) is 0.394. The summed E-state index contributed by atoms with van der Waals surface area (Å²) in [6, 6.07) is 0. The molecular formula is C12H21Cl. The molecule has 0 N–H and O–H groups in total. The van der Waals surface area contributed by atoms with Crippen molar-refractivity contribution in [3.8, 4) is 0 Å². The minimum atomic E-state index is 0.420. The Morgan fingerprint density at radius 3 is 2.38 bits per heavy atom. The van der Waals surface area contributed by atoms with Gasteiger partial charge in [-0.25, -0.2) is 0 Å². The van der Waals surface area contributed by atoms with Gasteiger partial charge >= 0.3 is 0 Å². The van der Waals surface area contributed by atoms with Crippen LogP contribution in [0.5, 0.6) is 0 Å². The smallest absolute Gasteiger partial charge is 0.0339 e. The van der Waals surface area contributed by atoms with Crippen LogP contribution in [-0.4, -0.2) is 5.38 Å². The van der Waals surface area contributed by atoms with E-state index >= 15 is 0 Å². The van der Waals surface area contributed by atoms with Gasteiger partial charge in [0.15, 0.2) is 0 Å². The SMILES string of the molecule is ClC1CC/C=C/CCCCCCC1. The highest BCUT2D eigenvalue weighted by atomic mass is 35.5. The van der Waals surface area contributed by atoms with Crippen molar-refractivity contribution in [3.05, 3.63) is 12.2 Å². The van der Waals surface area contributed by atoms with Crippen molar-refractivity contribution in [2.45, 2.75) is 63.2 Å². The first kappa shape index (κ1) is 11.1.